The van der Waals surface area contributed by atoms with Crippen molar-refractivity contribution in [2.24, 2.45) is 5.92 Å². The molecule has 0 spiro atoms. The summed E-state index contributed by atoms with van der Waals surface area (Å²) in [6, 6.07) is 7.65. The van der Waals surface area contributed by atoms with Gasteiger partial charge in [-0.2, -0.15) is 0 Å². The van der Waals surface area contributed by atoms with Crippen molar-refractivity contribution in [1.29, 1.82) is 0 Å². The van der Waals surface area contributed by atoms with Crippen molar-refractivity contribution >= 4 is 11.8 Å². The van der Waals surface area contributed by atoms with Gasteiger partial charge in [0.1, 0.15) is 5.82 Å². The van der Waals surface area contributed by atoms with Crippen LogP contribution in [0.25, 0.3) is 0 Å². The molecule has 2 rings (SSSR count). The molecule has 3 heteroatoms. The Bertz CT molecular complexity index is 396. The first-order valence-electron chi connectivity index (χ1n) is 7.33. The van der Waals surface area contributed by atoms with E-state index in [1.165, 1.54) is 32.1 Å². The third-order valence-electron chi connectivity index (χ3n) is 4.08. The molecule has 106 valence electrons. The highest BCUT2D eigenvalue weighted by atomic mass is 32.2. The molecule has 3 unspecified atom stereocenters. The minimum absolute atomic E-state index is 0.0834. The molecule has 1 aliphatic carbocycles. The van der Waals surface area contributed by atoms with Gasteiger partial charge in [0.05, 0.1) is 0 Å². The zero-order valence-corrected chi connectivity index (χ0v) is 12.7. The molecule has 0 radical (unpaired) electrons. The van der Waals surface area contributed by atoms with E-state index in [0.29, 0.717) is 11.3 Å². The maximum atomic E-state index is 13.8. The quantitative estimate of drug-likeness (QED) is 0.854. The number of hydrogen-bond donors (Lipinski definition) is 1. The molecule has 0 heterocycles. The van der Waals surface area contributed by atoms with Crippen LogP contribution in [0.4, 0.5) is 4.39 Å². The predicted molar refractivity (Wildman–Crippen MR) is 81.1 cm³/mol. The molecule has 19 heavy (non-hydrogen) atoms. The zero-order valence-electron chi connectivity index (χ0n) is 11.9. The lowest BCUT2D eigenvalue weighted by molar-refractivity contribution is 0.295. The van der Waals surface area contributed by atoms with Gasteiger partial charge in [-0.05, 0) is 44.4 Å². The molecule has 0 amide bonds. The van der Waals surface area contributed by atoms with Gasteiger partial charge in [-0.25, -0.2) is 4.39 Å². The molecule has 1 nitrogen and oxygen atoms in total. The van der Waals surface area contributed by atoms with Gasteiger partial charge < -0.3 is 5.32 Å². The third kappa shape index (κ3) is 3.96. The lowest BCUT2D eigenvalue weighted by Crippen LogP contribution is -2.40. The Balaban J connectivity index is 2.04. The lowest BCUT2D eigenvalue weighted by Gasteiger charge is -2.35. The topological polar surface area (TPSA) is 12.0 Å². The normalized spacial score (nSPS) is 27.4. The van der Waals surface area contributed by atoms with E-state index in [1.807, 2.05) is 19.2 Å². The van der Waals surface area contributed by atoms with Gasteiger partial charge in [0, 0.05) is 16.2 Å². The molecule has 1 aliphatic rings. The maximum Gasteiger partial charge on any atom is 0.136 e. The van der Waals surface area contributed by atoms with E-state index < -0.39 is 0 Å². The highest BCUT2D eigenvalue weighted by Gasteiger charge is 2.30. The summed E-state index contributed by atoms with van der Waals surface area (Å²) >= 11 is 1.72. The van der Waals surface area contributed by atoms with Crippen LogP contribution in [0.5, 0.6) is 0 Å². The van der Waals surface area contributed by atoms with Crippen molar-refractivity contribution in [3.05, 3.63) is 30.1 Å². The van der Waals surface area contributed by atoms with Crippen LogP contribution in [0.2, 0.25) is 0 Å². The monoisotopic (exact) mass is 281 g/mol. The molecule has 0 aromatic heterocycles. The summed E-state index contributed by atoms with van der Waals surface area (Å²) in [5.41, 5.74) is 0. The molecular weight excluding hydrogens is 257 g/mol. The minimum Gasteiger partial charge on any atom is -0.316 e. The van der Waals surface area contributed by atoms with E-state index in [9.17, 15) is 4.39 Å². The summed E-state index contributed by atoms with van der Waals surface area (Å²) in [6.07, 6.45) is 6.30. The van der Waals surface area contributed by atoms with Gasteiger partial charge in [-0.15, -0.1) is 11.8 Å². The van der Waals surface area contributed by atoms with Crippen LogP contribution in [0.1, 0.15) is 39.0 Å². The standard InChI is InChI=1S/C16H24FNS/c1-3-6-12-9-10-14(18-2)16(11-12)19-15-8-5-4-7-13(15)17/h4-5,7-8,12,14,16,18H,3,6,9-11H2,1-2H3. The fraction of sp³-hybridized carbons (Fsp3) is 0.625. The van der Waals surface area contributed by atoms with Crippen LogP contribution >= 0.6 is 11.8 Å². The summed E-state index contributed by atoms with van der Waals surface area (Å²) in [7, 11) is 2.03. The smallest absolute Gasteiger partial charge is 0.136 e. The van der Waals surface area contributed by atoms with Gasteiger partial charge in [0.25, 0.3) is 0 Å². The Labute approximate surface area is 120 Å². The zero-order chi connectivity index (χ0) is 13.7. The number of benzene rings is 1. The first-order chi connectivity index (χ1) is 9.24. The molecule has 0 saturated heterocycles. The molecule has 1 N–H and O–H groups in total. The molecule has 0 aliphatic heterocycles. The Morgan fingerprint density at radius 2 is 2.11 bits per heavy atom. The highest BCUT2D eigenvalue weighted by Crippen LogP contribution is 2.38. The summed E-state index contributed by atoms with van der Waals surface area (Å²) in [4.78, 5) is 0.796. The lowest BCUT2D eigenvalue weighted by atomic mass is 9.83. The van der Waals surface area contributed by atoms with Gasteiger partial charge in [-0.3, -0.25) is 0 Å². The van der Waals surface area contributed by atoms with Crippen molar-refractivity contribution < 1.29 is 4.39 Å². The number of hydrogen-bond acceptors (Lipinski definition) is 2. The first-order valence-corrected chi connectivity index (χ1v) is 8.21. The van der Waals surface area contributed by atoms with Gasteiger partial charge >= 0.3 is 0 Å². The van der Waals surface area contributed by atoms with Gasteiger partial charge in [-0.1, -0.05) is 31.9 Å². The number of thioether (sulfide) groups is 1. The second-order valence-electron chi connectivity index (χ2n) is 5.45. The average molecular weight is 281 g/mol. The molecule has 1 aromatic rings. The summed E-state index contributed by atoms with van der Waals surface area (Å²) in [6.45, 7) is 2.25. The highest BCUT2D eigenvalue weighted by molar-refractivity contribution is 8.00. The van der Waals surface area contributed by atoms with Crippen LogP contribution in [0.15, 0.2) is 29.2 Å². The largest absolute Gasteiger partial charge is 0.316 e. The predicted octanol–water partition coefficient (Wildman–Crippen LogP) is 4.47. The maximum absolute atomic E-state index is 13.8. The van der Waals surface area contributed by atoms with E-state index in [4.69, 9.17) is 0 Å². The SMILES string of the molecule is CCCC1CCC(NC)C(Sc2ccccc2F)C1. The molecular formula is C16H24FNS. The first kappa shape index (κ1) is 14.9. The van der Waals surface area contributed by atoms with Crippen molar-refractivity contribution in [3.8, 4) is 0 Å². The van der Waals surface area contributed by atoms with Crippen molar-refractivity contribution in [3.63, 3.8) is 0 Å². The Morgan fingerprint density at radius 3 is 2.79 bits per heavy atom. The van der Waals surface area contributed by atoms with Crippen LogP contribution in [-0.2, 0) is 0 Å². The van der Waals surface area contributed by atoms with Gasteiger partial charge in [0.15, 0.2) is 0 Å². The Morgan fingerprint density at radius 1 is 1.32 bits per heavy atom. The van der Waals surface area contributed by atoms with Crippen molar-refractivity contribution in [2.45, 2.75) is 55.2 Å². The summed E-state index contributed by atoms with van der Waals surface area (Å²) in [5.74, 6) is 0.735. The van der Waals surface area contributed by atoms with Crippen LogP contribution < -0.4 is 5.32 Å². The van der Waals surface area contributed by atoms with Gasteiger partial charge in [0.2, 0.25) is 0 Å². The van der Waals surface area contributed by atoms with Crippen molar-refractivity contribution in [2.75, 3.05) is 7.05 Å². The van der Waals surface area contributed by atoms with E-state index in [0.717, 1.165) is 10.8 Å². The van der Waals surface area contributed by atoms with Crippen LogP contribution in [0, 0.1) is 11.7 Å². The minimum atomic E-state index is -0.0834. The fourth-order valence-corrected chi connectivity index (χ4v) is 4.51. The second kappa shape index (κ2) is 7.30. The van der Waals surface area contributed by atoms with Crippen LogP contribution in [0.3, 0.4) is 0 Å². The second-order valence-corrected chi connectivity index (χ2v) is 6.73. The Hall–Kier alpha value is -0.540. The summed E-state index contributed by atoms with van der Waals surface area (Å²) < 4.78 is 13.8. The van der Waals surface area contributed by atoms with E-state index in [-0.39, 0.29) is 5.82 Å². The van der Waals surface area contributed by atoms with E-state index >= 15 is 0 Å². The molecule has 3 atom stereocenters. The van der Waals surface area contributed by atoms with E-state index in [1.54, 1.807) is 23.9 Å². The third-order valence-corrected chi connectivity index (χ3v) is 5.49. The average Bonchev–Trinajstić information content (AvgIpc) is 2.42. The molecule has 1 saturated carbocycles. The molecule has 0 bridgehead atoms. The number of halogens is 1. The van der Waals surface area contributed by atoms with Crippen LogP contribution in [-0.4, -0.2) is 18.3 Å². The summed E-state index contributed by atoms with van der Waals surface area (Å²) in [5, 5.41) is 3.91. The molecule has 1 fully saturated rings. The number of nitrogens with one attached hydrogen (secondary N) is 1. The van der Waals surface area contributed by atoms with Crippen molar-refractivity contribution in [1.82, 2.24) is 5.32 Å². The Kier molecular flexibility index (Phi) is 5.71. The molecule has 1 aromatic carbocycles. The number of rotatable bonds is 5. The fourth-order valence-electron chi connectivity index (χ4n) is 3.05. The van der Waals surface area contributed by atoms with E-state index in [2.05, 4.69) is 12.2 Å².